The average molecular weight is 226 g/mol. The van der Waals surface area contributed by atoms with Crippen LogP contribution in [0.25, 0.3) is 0 Å². The van der Waals surface area contributed by atoms with E-state index in [9.17, 15) is 0 Å². The highest BCUT2D eigenvalue weighted by Gasteiger charge is 2.41. The molecule has 0 aromatic carbocycles. The van der Waals surface area contributed by atoms with Crippen molar-refractivity contribution >= 4 is 0 Å². The van der Waals surface area contributed by atoms with E-state index >= 15 is 0 Å². The van der Waals surface area contributed by atoms with Crippen LogP contribution in [-0.4, -0.2) is 50.3 Å². The zero-order valence-electron chi connectivity index (χ0n) is 11.0. The van der Waals surface area contributed by atoms with E-state index in [4.69, 9.17) is 4.74 Å². The van der Waals surface area contributed by atoms with Crippen molar-refractivity contribution in [3.8, 4) is 0 Å². The van der Waals surface area contributed by atoms with Crippen molar-refractivity contribution in [1.82, 2.24) is 10.2 Å². The van der Waals surface area contributed by atoms with Gasteiger partial charge in [-0.2, -0.15) is 0 Å². The van der Waals surface area contributed by atoms with Gasteiger partial charge in [0, 0.05) is 30.7 Å². The molecular weight excluding hydrogens is 200 g/mol. The predicted molar refractivity (Wildman–Crippen MR) is 66.7 cm³/mol. The van der Waals surface area contributed by atoms with Gasteiger partial charge in [-0.25, -0.2) is 0 Å². The Bertz CT molecular complexity index is 234. The fourth-order valence-corrected chi connectivity index (χ4v) is 3.21. The van der Waals surface area contributed by atoms with Crippen LogP contribution in [0.2, 0.25) is 0 Å². The first-order chi connectivity index (χ1) is 7.58. The lowest BCUT2D eigenvalue weighted by Gasteiger charge is -2.39. The average Bonchev–Trinajstić information content (AvgIpc) is 2.77. The van der Waals surface area contributed by atoms with Crippen molar-refractivity contribution in [2.24, 2.45) is 5.41 Å². The van der Waals surface area contributed by atoms with E-state index in [1.165, 1.54) is 32.4 Å². The van der Waals surface area contributed by atoms with Gasteiger partial charge in [0.25, 0.3) is 0 Å². The smallest absolute Gasteiger partial charge is 0.0547 e. The molecule has 16 heavy (non-hydrogen) atoms. The zero-order valence-corrected chi connectivity index (χ0v) is 11.0. The van der Waals surface area contributed by atoms with Crippen molar-refractivity contribution in [2.45, 2.75) is 38.6 Å². The summed E-state index contributed by atoms with van der Waals surface area (Å²) < 4.78 is 5.62. The Morgan fingerprint density at radius 2 is 2.12 bits per heavy atom. The van der Waals surface area contributed by atoms with Crippen LogP contribution in [0.5, 0.6) is 0 Å². The van der Waals surface area contributed by atoms with Gasteiger partial charge in [0.15, 0.2) is 0 Å². The molecule has 0 aliphatic carbocycles. The van der Waals surface area contributed by atoms with E-state index in [0.717, 1.165) is 19.8 Å². The van der Waals surface area contributed by atoms with Crippen LogP contribution < -0.4 is 5.32 Å². The van der Waals surface area contributed by atoms with Gasteiger partial charge in [-0.1, -0.05) is 0 Å². The molecule has 2 heterocycles. The van der Waals surface area contributed by atoms with Crippen LogP contribution in [0.3, 0.4) is 0 Å². The van der Waals surface area contributed by atoms with E-state index in [1.54, 1.807) is 0 Å². The van der Waals surface area contributed by atoms with Crippen molar-refractivity contribution in [3.05, 3.63) is 0 Å². The third-order valence-electron chi connectivity index (χ3n) is 4.34. The highest BCUT2D eigenvalue weighted by Crippen LogP contribution is 2.35. The molecule has 1 unspecified atom stereocenters. The molecule has 0 bridgehead atoms. The molecular formula is C13H26N2O. The number of likely N-dealkylation sites (tertiary alicyclic amines) is 1. The molecule has 2 aliphatic rings. The Morgan fingerprint density at radius 1 is 1.31 bits per heavy atom. The first-order valence-corrected chi connectivity index (χ1v) is 6.55. The Morgan fingerprint density at radius 3 is 2.62 bits per heavy atom. The molecule has 0 spiro atoms. The maximum Gasteiger partial charge on any atom is 0.0547 e. The number of rotatable bonds is 4. The molecule has 2 saturated heterocycles. The van der Waals surface area contributed by atoms with Gasteiger partial charge < -0.3 is 10.1 Å². The van der Waals surface area contributed by atoms with Crippen LogP contribution in [0.4, 0.5) is 0 Å². The fourth-order valence-electron chi connectivity index (χ4n) is 3.21. The molecule has 0 aromatic heterocycles. The van der Waals surface area contributed by atoms with E-state index < -0.39 is 0 Å². The summed E-state index contributed by atoms with van der Waals surface area (Å²) in [5, 5.41) is 3.35. The normalized spacial score (nSPS) is 34.7. The quantitative estimate of drug-likeness (QED) is 0.786. The largest absolute Gasteiger partial charge is 0.381 e. The first-order valence-electron chi connectivity index (χ1n) is 6.55. The molecule has 3 heteroatoms. The Labute approximate surface area is 99.5 Å². The minimum atomic E-state index is 0.357. The molecule has 0 saturated carbocycles. The van der Waals surface area contributed by atoms with Crippen molar-refractivity contribution in [1.29, 1.82) is 0 Å². The van der Waals surface area contributed by atoms with E-state index in [1.807, 2.05) is 0 Å². The van der Waals surface area contributed by atoms with Crippen LogP contribution in [-0.2, 0) is 4.74 Å². The molecule has 0 aromatic rings. The number of nitrogens with zero attached hydrogens (tertiary/aromatic N) is 1. The van der Waals surface area contributed by atoms with Gasteiger partial charge in [-0.3, -0.25) is 4.90 Å². The Balaban J connectivity index is 2.00. The second-order valence-electron chi connectivity index (χ2n) is 6.17. The van der Waals surface area contributed by atoms with Gasteiger partial charge in [0.05, 0.1) is 6.61 Å². The summed E-state index contributed by atoms with van der Waals surface area (Å²) in [6.45, 7) is 10.2. The lowest BCUT2D eigenvalue weighted by atomic mass is 9.85. The lowest BCUT2D eigenvalue weighted by Crippen LogP contribution is -2.49. The summed E-state index contributed by atoms with van der Waals surface area (Å²) in [4.78, 5) is 2.67. The molecule has 0 amide bonds. The van der Waals surface area contributed by atoms with Crippen molar-refractivity contribution in [2.75, 3.05) is 39.9 Å². The zero-order chi connectivity index (χ0) is 11.6. The number of hydrogen-bond acceptors (Lipinski definition) is 3. The predicted octanol–water partition coefficient (Wildman–Crippen LogP) is 1.49. The SMILES string of the molecule is CNCC1(CN2CCCC2(C)C)CCOC1. The van der Waals surface area contributed by atoms with E-state index in [2.05, 4.69) is 31.1 Å². The fraction of sp³-hybridized carbons (Fsp3) is 1.00. The van der Waals surface area contributed by atoms with Crippen LogP contribution in [0.1, 0.15) is 33.1 Å². The molecule has 94 valence electrons. The van der Waals surface area contributed by atoms with Crippen LogP contribution in [0, 0.1) is 5.41 Å². The van der Waals surface area contributed by atoms with Gasteiger partial charge in [-0.05, 0) is 46.7 Å². The Kier molecular flexibility index (Phi) is 3.57. The molecule has 0 radical (unpaired) electrons. The van der Waals surface area contributed by atoms with Crippen molar-refractivity contribution < 1.29 is 4.74 Å². The second-order valence-corrected chi connectivity index (χ2v) is 6.17. The Hall–Kier alpha value is -0.120. The van der Waals surface area contributed by atoms with E-state index in [-0.39, 0.29) is 0 Å². The highest BCUT2D eigenvalue weighted by molar-refractivity contribution is 4.95. The molecule has 3 nitrogen and oxygen atoms in total. The second kappa shape index (κ2) is 4.63. The molecule has 2 fully saturated rings. The van der Waals surface area contributed by atoms with E-state index in [0.29, 0.717) is 11.0 Å². The van der Waals surface area contributed by atoms with Crippen LogP contribution >= 0.6 is 0 Å². The molecule has 1 N–H and O–H groups in total. The van der Waals surface area contributed by atoms with Crippen LogP contribution in [0.15, 0.2) is 0 Å². The monoisotopic (exact) mass is 226 g/mol. The standard InChI is InChI=1S/C13H26N2O/c1-12(2)5-4-7-15(12)10-13(9-14-3)6-8-16-11-13/h14H,4-11H2,1-3H3. The lowest BCUT2D eigenvalue weighted by molar-refractivity contribution is 0.0774. The summed E-state index contributed by atoms with van der Waals surface area (Å²) in [6, 6.07) is 0. The third kappa shape index (κ3) is 2.41. The minimum Gasteiger partial charge on any atom is -0.381 e. The van der Waals surface area contributed by atoms with Gasteiger partial charge in [-0.15, -0.1) is 0 Å². The van der Waals surface area contributed by atoms with Gasteiger partial charge in [0.2, 0.25) is 0 Å². The summed E-state index contributed by atoms with van der Waals surface area (Å²) in [5.74, 6) is 0. The first kappa shape index (κ1) is 12.3. The van der Waals surface area contributed by atoms with Crippen molar-refractivity contribution in [3.63, 3.8) is 0 Å². The summed E-state index contributed by atoms with van der Waals surface area (Å²) in [6.07, 6.45) is 3.90. The maximum atomic E-state index is 5.62. The minimum absolute atomic E-state index is 0.357. The summed E-state index contributed by atoms with van der Waals surface area (Å²) >= 11 is 0. The number of ether oxygens (including phenoxy) is 1. The maximum absolute atomic E-state index is 5.62. The highest BCUT2D eigenvalue weighted by atomic mass is 16.5. The third-order valence-corrected chi connectivity index (χ3v) is 4.34. The molecule has 2 aliphatic heterocycles. The number of nitrogens with one attached hydrogen (secondary N) is 1. The van der Waals surface area contributed by atoms with Gasteiger partial charge >= 0.3 is 0 Å². The summed E-state index contributed by atoms with van der Waals surface area (Å²) in [5.41, 5.74) is 0.750. The molecule has 2 rings (SSSR count). The van der Waals surface area contributed by atoms with Gasteiger partial charge in [0.1, 0.15) is 0 Å². The molecule has 1 atom stereocenters. The summed E-state index contributed by atoms with van der Waals surface area (Å²) in [7, 11) is 2.05. The number of hydrogen-bond donors (Lipinski definition) is 1. The topological polar surface area (TPSA) is 24.5 Å².